The molecule has 0 aliphatic heterocycles. The molecule has 10 heteroatoms. The first-order valence-corrected chi connectivity index (χ1v) is 19.2. The fraction of sp³-hybridized carbons (Fsp3) is 0.149. The lowest BCUT2D eigenvalue weighted by molar-refractivity contribution is -0.632. The van der Waals surface area contributed by atoms with E-state index < -0.39 is 0 Å². The fourth-order valence-electron chi connectivity index (χ4n) is 8.04. The number of pyridine rings is 2. The Labute approximate surface area is 330 Å². The van der Waals surface area contributed by atoms with Gasteiger partial charge in [-0.2, -0.15) is 9.13 Å². The van der Waals surface area contributed by atoms with Crippen molar-refractivity contribution >= 4 is 77.9 Å². The number of hydrogen-bond acceptors (Lipinski definition) is 6. The van der Waals surface area contributed by atoms with Crippen LogP contribution in [0.5, 0.6) is 0 Å². The van der Waals surface area contributed by atoms with Gasteiger partial charge in [-0.1, -0.05) is 24.3 Å². The van der Waals surface area contributed by atoms with Crippen molar-refractivity contribution in [2.75, 3.05) is 36.0 Å². The van der Waals surface area contributed by atoms with E-state index in [2.05, 4.69) is 19.8 Å². The van der Waals surface area contributed by atoms with Crippen molar-refractivity contribution in [3.8, 4) is 22.5 Å². The van der Waals surface area contributed by atoms with Crippen molar-refractivity contribution in [3.05, 3.63) is 132 Å². The number of nitrogen functional groups attached to an aromatic ring is 4. The van der Waals surface area contributed by atoms with Gasteiger partial charge in [0.05, 0.1) is 21.5 Å². The van der Waals surface area contributed by atoms with E-state index in [4.69, 9.17) is 22.9 Å². The monoisotopic (exact) mass is 754 g/mol. The molecule has 0 bridgehead atoms. The summed E-state index contributed by atoms with van der Waals surface area (Å²) >= 11 is 0. The molecule has 0 atom stereocenters. The van der Waals surface area contributed by atoms with Crippen molar-refractivity contribution in [2.45, 2.75) is 19.3 Å². The number of aromatic nitrogens is 2. The number of nitrogens with zero attached hydrogens (tertiary/aromatic N) is 2. The van der Waals surface area contributed by atoms with Gasteiger partial charge in [0.1, 0.15) is 14.1 Å². The minimum absolute atomic E-state index is 0.139. The van der Waals surface area contributed by atoms with Crippen LogP contribution in [-0.4, -0.2) is 24.9 Å². The Morgan fingerprint density at radius 1 is 0.456 bits per heavy atom. The highest BCUT2D eigenvalue weighted by molar-refractivity contribution is 6.11. The van der Waals surface area contributed by atoms with Gasteiger partial charge >= 0.3 is 0 Å². The Balaban J connectivity index is 0.891. The van der Waals surface area contributed by atoms with E-state index in [-0.39, 0.29) is 11.8 Å². The molecule has 57 heavy (non-hydrogen) atoms. The minimum Gasteiger partial charge on any atom is -0.399 e. The molecule has 8 aromatic rings. The van der Waals surface area contributed by atoms with Crippen LogP contribution in [0.25, 0.3) is 65.9 Å². The summed E-state index contributed by atoms with van der Waals surface area (Å²) in [5.74, 6) is -0.277. The van der Waals surface area contributed by atoms with E-state index in [0.717, 1.165) is 85.1 Å². The molecule has 0 fully saturated rings. The third-order valence-corrected chi connectivity index (χ3v) is 10.8. The molecule has 10 N–H and O–H groups in total. The van der Waals surface area contributed by atoms with E-state index in [1.54, 1.807) is 0 Å². The normalized spacial score (nSPS) is 11.4. The highest BCUT2D eigenvalue weighted by Crippen LogP contribution is 2.35. The summed E-state index contributed by atoms with van der Waals surface area (Å²) in [6.45, 7) is 1.04. The molecule has 0 radical (unpaired) electrons. The average Bonchev–Trinajstić information content (AvgIpc) is 3.20. The zero-order valence-corrected chi connectivity index (χ0v) is 32.1. The molecule has 2 heterocycles. The lowest BCUT2D eigenvalue weighted by Crippen LogP contribution is -2.32. The fourth-order valence-corrected chi connectivity index (χ4v) is 8.04. The van der Waals surface area contributed by atoms with Crippen molar-refractivity contribution in [1.29, 1.82) is 0 Å². The number of hydrogen-bond donors (Lipinski definition) is 6. The van der Waals surface area contributed by atoms with Crippen molar-refractivity contribution in [1.82, 2.24) is 10.6 Å². The number of carbonyl (C=O) groups excluding carboxylic acids is 2. The topological polar surface area (TPSA) is 170 Å². The predicted octanol–water partition coefficient (Wildman–Crippen LogP) is 6.94. The van der Waals surface area contributed by atoms with Crippen molar-refractivity contribution < 1.29 is 18.7 Å². The molecule has 0 aliphatic rings. The SMILES string of the molecule is C[n+]1c(-c2cccc(C(=O)NCCCCCNC(=O)c3cccc(-c4c5cc(N)ccc5c5ccc(N)cc5[n+]4C)c3)c2)c2cc(N)ccc2c2ccc(N)cc21. The van der Waals surface area contributed by atoms with E-state index >= 15 is 0 Å². The maximum absolute atomic E-state index is 13.3. The summed E-state index contributed by atoms with van der Waals surface area (Å²) in [5, 5.41) is 12.4. The number of unbranched alkanes of at least 4 members (excludes halogenated alkanes) is 2. The molecule has 0 saturated carbocycles. The van der Waals surface area contributed by atoms with Crippen LogP contribution in [0.1, 0.15) is 40.0 Å². The highest BCUT2D eigenvalue weighted by Gasteiger charge is 2.24. The number of amides is 2. The van der Waals surface area contributed by atoms with E-state index in [0.29, 0.717) is 47.0 Å². The number of nitrogens with two attached hydrogens (primary N) is 4. The van der Waals surface area contributed by atoms with Crippen molar-refractivity contribution in [2.24, 2.45) is 14.1 Å². The first-order chi connectivity index (χ1) is 27.6. The van der Waals surface area contributed by atoms with Gasteiger partial charge in [0.25, 0.3) is 11.8 Å². The maximum atomic E-state index is 13.3. The van der Waals surface area contributed by atoms with Gasteiger partial charge < -0.3 is 33.6 Å². The highest BCUT2D eigenvalue weighted by atomic mass is 16.2. The molecular formula is C47H46N8O2+2. The van der Waals surface area contributed by atoms with Crippen LogP contribution in [-0.2, 0) is 14.1 Å². The first kappa shape index (κ1) is 36.8. The summed E-state index contributed by atoms with van der Waals surface area (Å²) in [5.41, 5.74) is 34.4. The maximum Gasteiger partial charge on any atom is 0.251 e. The lowest BCUT2D eigenvalue weighted by Gasteiger charge is -2.12. The Bertz CT molecular complexity index is 2710. The number of aryl methyl sites for hydroxylation is 2. The Morgan fingerprint density at radius 2 is 0.842 bits per heavy atom. The Hall–Kier alpha value is -7.20. The van der Waals surface area contributed by atoms with Crippen LogP contribution in [0.4, 0.5) is 22.7 Å². The van der Waals surface area contributed by atoms with E-state index in [1.807, 2.05) is 135 Å². The van der Waals surface area contributed by atoms with Gasteiger partial charge in [0.2, 0.25) is 22.4 Å². The molecule has 284 valence electrons. The molecule has 0 aliphatic carbocycles. The zero-order valence-electron chi connectivity index (χ0n) is 32.1. The number of carbonyl (C=O) groups is 2. The van der Waals surface area contributed by atoms with Gasteiger partial charge in [-0.05, 0) is 104 Å². The second kappa shape index (κ2) is 15.1. The van der Waals surface area contributed by atoms with Gasteiger partial charge in [-0.15, -0.1) is 0 Å². The third kappa shape index (κ3) is 7.09. The number of anilines is 4. The van der Waals surface area contributed by atoms with Crippen LogP contribution in [0.15, 0.2) is 121 Å². The summed E-state index contributed by atoms with van der Waals surface area (Å²) < 4.78 is 4.22. The number of benzene rings is 6. The minimum atomic E-state index is -0.139. The molecule has 10 nitrogen and oxygen atoms in total. The summed E-state index contributed by atoms with van der Waals surface area (Å²) in [6, 6.07) is 39.0. The number of rotatable bonds is 10. The third-order valence-electron chi connectivity index (χ3n) is 10.8. The first-order valence-electron chi connectivity index (χ1n) is 19.2. The standard InChI is InChI=1S/C47H44N8O2/c1-54-42-26-34(50)14-18-38(42)36-16-12-32(48)24-40(36)44(54)28-8-6-10-30(22-28)46(56)52-20-4-3-5-21-53-47(57)31-11-7-9-29(23-31)45-41-25-33(49)13-17-37(41)39-19-15-35(51)27-43(39)55(45)2/h6-19,22-27,50-51H,3-5,20-21,48-49H2,1-2H3,(H2,52,53,56,57)/p+2. The molecule has 0 spiro atoms. The van der Waals surface area contributed by atoms with Gasteiger partial charge in [-0.3, -0.25) is 9.59 Å². The lowest BCUT2D eigenvalue weighted by atomic mass is 9.97. The average molecular weight is 755 g/mol. The van der Waals surface area contributed by atoms with Gasteiger partial charge in [0, 0.05) is 81.0 Å². The van der Waals surface area contributed by atoms with Crippen LogP contribution in [0.3, 0.4) is 0 Å². The summed E-state index contributed by atoms with van der Waals surface area (Å²) in [4.78, 5) is 26.6. The van der Waals surface area contributed by atoms with Gasteiger partial charge in [-0.25, -0.2) is 0 Å². The second-order valence-corrected chi connectivity index (χ2v) is 14.7. The van der Waals surface area contributed by atoms with Crippen LogP contribution in [0, 0.1) is 0 Å². The van der Waals surface area contributed by atoms with Crippen LogP contribution in [0.2, 0.25) is 0 Å². The summed E-state index contributed by atoms with van der Waals surface area (Å²) in [7, 11) is 4.02. The number of fused-ring (bicyclic) bond motifs is 6. The van der Waals surface area contributed by atoms with E-state index in [9.17, 15) is 9.59 Å². The zero-order chi connectivity index (χ0) is 39.8. The quantitative estimate of drug-likeness (QED) is 0.0383. The molecule has 0 saturated heterocycles. The van der Waals surface area contributed by atoms with Crippen molar-refractivity contribution in [3.63, 3.8) is 0 Å². The molecule has 6 aromatic carbocycles. The Morgan fingerprint density at radius 3 is 1.26 bits per heavy atom. The molecular weight excluding hydrogens is 709 g/mol. The van der Waals surface area contributed by atoms with Gasteiger partial charge in [0.15, 0.2) is 0 Å². The molecule has 8 rings (SSSR count). The molecule has 0 unspecified atom stereocenters. The molecule has 2 amide bonds. The Kier molecular flexibility index (Phi) is 9.77. The van der Waals surface area contributed by atoms with Crippen LogP contribution >= 0.6 is 0 Å². The smallest absolute Gasteiger partial charge is 0.251 e. The summed E-state index contributed by atoms with van der Waals surface area (Å²) in [6.07, 6.45) is 2.40. The largest absolute Gasteiger partial charge is 0.399 e. The van der Waals surface area contributed by atoms with E-state index in [1.165, 1.54) is 0 Å². The molecule has 2 aromatic heterocycles. The number of nitrogens with one attached hydrogen (secondary N) is 2. The predicted molar refractivity (Wildman–Crippen MR) is 232 cm³/mol. The van der Waals surface area contributed by atoms with Crippen LogP contribution < -0.4 is 42.7 Å². The second-order valence-electron chi connectivity index (χ2n) is 14.7.